The first-order valence-electron chi connectivity index (χ1n) is 7.82. The average molecular weight is 301 g/mol. The Hall–Kier alpha value is -0.0900. The van der Waals surface area contributed by atoms with Crippen molar-refractivity contribution in [2.75, 3.05) is 18.1 Å². The standard InChI is InChI=1S/C16H31NO2S/c1-14(2,3)10-13-16(11-20(18,19)12-16)8-7-9-17(13)15(4,5)6/h13H,7-12H2,1-6H3. The van der Waals surface area contributed by atoms with E-state index in [0.717, 1.165) is 25.8 Å². The van der Waals surface area contributed by atoms with E-state index in [9.17, 15) is 8.42 Å². The van der Waals surface area contributed by atoms with E-state index >= 15 is 0 Å². The largest absolute Gasteiger partial charge is 0.295 e. The Bertz CT molecular complexity index is 456. The molecule has 0 radical (unpaired) electrons. The van der Waals surface area contributed by atoms with Gasteiger partial charge < -0.3 is 0 Å². The molecule has 0 aromatic rings. The molecule has 0 saturated carbocycles. The van der Waals surface area contributed by atoms with Crippen LogP contribution in [0.1, 0.15) is 60.8 Å². The van der Waals surface area contributed by atoms with Gasteiger partial charge in [0.05, 0.1) is 11.5 Å². The summed E-state index contributed by atoms with van der Waals surface area (Å²) in [5.41, 5.74) is 0.373. The molecule has 1 atom stereocenters. The molecule has 2 aliphatic heterocycles. The van der Waals surface area contributed by atoms with E-state index < -0.39 is 9.84 Å². The van der Waals surface area contributed by atoms with Crippen molar-refractivity contribution >= 4 is 9.84 Å². The first-order valence-corrected chi connectivity index (χ1v) is 9.64. The number of hydrogen-bond donors (Lipinski definition) is 0. The van der Waals surface area contributed by atoms with Crippen molar-refractivity contribution in [1.82, 2.24) is 4.90 Å². The maximum absolute atomic E-state index is 11.8. The Labute approximate surface area is 125 Å². The van der Waals surface area contributed by atoms with Gasteiger partial charge in [-0.3, -0.25) is 4.90 Å². The minimum Gasteiger partial charge on any atom is -0.295 e. The average Bonchev–Trinajstić information content (AvgIpc) is 2.14. The zero-order valence-electron chi connectivity index (χ0n) is 14.0. The molecule has 2 aliphatic rings. The molecule has 1 unspecified atom stereocenters. The normalized spacial score (nSPS) is 30.2. The van der Waals surface area contributed by atoms with Crippen LogP contribution in [0.4, 0.5) is 0 Å². The SMILES string of the molecule is CC(C)(C)CC1N(C(C)(C)C)CCCC12CS(=O)(=O)C2. The van der Waals surface area contributed by atoms with Crippen molar-refractivity contribution in [1.29, 1.82) is 0 Å². The smallest absolute Gasteiger partial charge is 0.151 e. The zero-order valence-corrected chi connectivity index (χ0v) is 14.8. The number of hydrogen-bond acceptors (Lipinski definition) is 3. The number of nitrogens with zero attached hydrogens (tertiary/aromatic N) is 1. The van der Waals surface area contributed by atoms with Crippen molar-refractivity contribution in [3.8, 4) is 0 Å². The van der Waals surface area contributed by atoms with Crippen LogP contribution in [-0.2, 0) is 9.84 Å². The van der Waals surface area contributed by atoms with E-state index in [0.29, 0.717) is 17.5 Å². The second-order valence-electron chi connectivity index (χ2n) is 9.14. The molecule has 0 aromatic heterocycles. The highest BCUT2D eigenvalue weighted by Crippen LogP contribution is 2.50. The van der Waals surface area contributed by atoms with Crippen molar-refractivity contribution in [3.05, 3.63) is 0 Å². The predicted octanol–water partition coefficient (Wildman–Crippen LogP) is 3.10. The van der Waals surface area contributed by atoms with Gasteiger partial charge in [0, 0.05) is 17.0 Å². The van der Waals surface area contributed by atoms with E-state index in [1.165, 1.54) is 0 Å². The van der Waals surface area contributed by atoms with Gasteiger partial charge in [0.25, 0.3) is 0 Å². The summed E-state index contributed by atoms with van der Waals surface area (Å²) < 4.78 is 23.6. The first kappa shape index (κ1) is 16.3. The molecule has 118 valence electrons. The molecule has 0 N–H and O–H groups in total. The Morgan fingerprint density at radius 3 is 2.05 bits per heavy atom. The molecule has 2 fully saturated rings. The van der Waals surface area contributed by atoms with Gasteiger partial charge in [-0.15, -0.1) is 0 Å². The molecule has 3 nitrogen and oxygen atoms in total. The topological polar surface area (TPSA) is 37.4 Å². The summed E-state index contributed by atoms with van der Waals surface area (Å²) in [5, 5.41) is 0. The minimum atomic E-state index is -2.77. The second-order valence-corrected chi connectivity index (χ2v) is 11.2. The highest BCUT2D eigenvalue weighted by Gasteiger charge is 2.57. The highest BCUT2D eigenvalue weighted by molar-refractivity contribution is 7.92. The second kappa shape index (κ2) is 4.70. The Kier molecular flexibility index (Phi) is 3.83. The molecule has 1 spiro atoms. The van der Waals surface area contributed by atoms with Crippen molar-refractivity contribution in [2.24, 2.45) is 10.8 Å². The Morgan fingerprint density at radius 2 is 1.65 bits per heavy atom. The number of piperidine rings is 1. The van der Waals surface area contributed by atoms with Crippen molar-refractivity contribution in [3.63, 3.8) is 0 Å². The van der Waals surface area contributed by atoms with Gasteiger partial charge in [-0.2, -0.15) is 0 Å². The molecule has 0 aliphatic carbocycles. The van der Waals surface area contributed by atoms with Crippen LogP contribution < -0.4 is 0 Å². The number of rotatable bonds is 1. The summed E-state index contributed by atoms with van der Waals surface area (Å²) >= 11 is 0. The lowest BCUT2D eigenvalue weighted by molar-refractivity contribution is -0.0437. The van der Waals surface area contributed by atoms with Crippen LogP contribution in [0.25, 0.3) is 0 Å². The molecule has 0 bridgehead atoms. The summed E-state index contributed by atoms with van der Waals surface area (Å²) in [7, 11) is -2.77. The molecule has 4 heteroatoms. The quantitative estimate of drug-likeness (QED) is 0.747. The Morgan fingerprint density at radius 1 is 1.10 bits per heavy atom. The van der Waals surface area contributed by atoms with E-state index in [1.54, 1.807) is 0 Å². The van der Waals surface area contributed by atoms with E-state index in [-0.39, 0.29) is 16.4 Å². The number of sulfone groups is 1. The lowest BCUT2D eigenvalue weighted by Gasteiger charge is -2.59. The molecular weight excluding hydrogens is 270 g/mol. The molecular formula is C16H31NO2S. The minimum absolute atomic E-state index is 0.0254. The Balaban J connectivity index is 2.31. The fourth-order valence-electron chi connectivity index (χ4n) is 4.13. The van der Waals surface area contributed by atoms with Crippen molar-refractivity contribution < 1.29 is 8.42 Å². The fourth-order valence-corrected chi connectivity index (χ4v) is 6.48. The first-order chi connectivity index (χ1) is 8.85. The summed E-state index contributed by atoms with van der Waals surface area (Å²) in [6, 6.07) is 0.403. The summed E-state index contributed by atoms with van der Waals surface area (Å²) in [6.45, 7) is 14.7. The third-order valence-electron chi connectivity index (χ3n) is 4.84. The van der Waals surface area contributed by atoms with E-state index in [2.05, 4.69) is 46.4 Å². The lowest BCUT2D eigenvalue weighted by Crippen LogP contribution is -2.67. The monoisotopic (exact) mass is 301 g/mol. The predicted molar refractivity (Wildman–Crippen MR) is 84.6 cm³/mol. The zero-order chi connectivity index (χ0) is 15.4. The van der Waals surface area contributed by atoms with Gasteiger partial charge in [0.15, 0.2) is 9.84 Å². The summed E-state index contributed by atoms with van der Waals surface area (Å²) in [6.07, 6.45) is 3.30. The molecule has 0 aromatic carbocycles. The van der Waals surface area contributed by atoms with Gasteiger partial charge in [-0.25, -0.2) is 8.42 Å². The van der Waals surface area contributed by atoms with E-state index in [4.69, 9.17) is 0 Å². The highest BCUT2D eigenvalue weighted by atomic mass is 32.2. The van der Waals surface area contributed by atoms with Crippen LogP contribution in [0.5, 0.6) is 0 Å². The third kappa shape index (κ3) is 3.22. The molecule has 20 heavy (non-hydrogen) atoms. The lowest BCUT2D eigenvalue weighted by atomic mass is 9.68. The van der Waals surface area contributed by atoms with Crippen LogP contribution in [-0.4, -0.2) is 42.9 Å². The molecule has 0 amide bonds. The van der Waals surface area contributed by atoms with Gasteiger partial charge in [-0.1, -0.05) is 20.8 Å². The van der Waals surface area contributed by atoms with Crippen LogP contribution in [0.15, 0.2) is 0 Å². The van der Waals surface area contributed by atoms with Gasteiger partial charge in [0.1, 0.15) is 0 Å². The summed E-state index contributed by atoms with van der Waals surface area (Å²) in [5.74, 6) is 0.820. The van der Waals surface area contributed by atoms with Crippen LogP contribution >= 0.6 is 0 Å². The maximum Gasteiger partial charge on any atom is 0.151 e. The maximum atomic E-state index is 11.8. The fraction of sp³-hybridized carbons (Fsp3) is 1.00. The number of likely N-dealkylation sites (tertiary alicyclic amines) is 1. The molecule has 2 saturated heterocycles. The molecule has 2 rings (SSSR count). The van der Waals surface area contributed by atoms with Crippen molar-refractivity contribution in [2.45, 2.75) is 72.4 Å². The van der Waals surface area contributed by atoms with Gasteiger partial charge in [-0.05, 0) is 52.0 Å². The van der Waals surface area contributed by atoms with Crippen LogP contribution in [0.2, 0.25) is 0 Å². The van der Waals surface area contributed by atoms with Crippen LogP contribution in [0, 0.1) is 10.8 Å². The molecule has 2 heterocycles. The van der Waals surface area contributed by atoms with Gasteiger partial charge in [0.2, 0.25) is 0 Å². The summed E-state index contributed by atoms with van der Waals surface area (Å²) in [4.78, 5) is 2.58. The van der Waals surface area contributed by atoms with Crippen LogP contribution in [0.3, 0.4) is 0 Å². The third-order valence-corrected chi connectivity index (χ3v) is 6.87. The van der Waals surface area contributed by atoms with E-state index in [1.807, 2.05) is 0 Å². The van der Waals surface area contributed by atoms with Gasteiger partial charge >= 0.3 is 0 Å².